The fraction of sp³-hybridized carbons (Fsp3) is 0.905. The zero-order chi connectivity index (χ0) is 18.9. The van der Waals surface area contributed by atoms with Gasteiger partial charge in [-0.15, -0.1) is 0 Å². The third-order valence-electron chi connectivity index (χ3n) is 4.61. The van der Waals surface area contributed by atoms with E-state index in [-0.39, 0.29) is 11.8 Å². The minimum atomic E-state index is 0.225. The molecule has 0 rings (SSSR count). The summed E-state index contributed by atoms with van der Waals surface area (Å²) in [5.74, 6) is 0.451. The molecule has 0 bridgehead atoms. The SMILES string of the molecule is CCCCN(CCCC)C(=O)CCCC(=O)N(CCCC)CCCC. The topological polar surface area (TPSA) is 40.6 Å². The van der Waals surface area contributed by atoms with Gasteiger partial charge in [-0.2, -0.15) is 0 Å². The highest BCUT2D eigenvalue weighted by atomic mass is 16.2. The Balaban J connectivity index is 4.31. The Kier molecular flexibility index (Phi) is 15.7. The van der Waals surface area contributed by atoms with Crippen molar-refractivity contribution in [3.8, 4) is 0 Å². The molecule has 0 N–H and O–H groups in total. The molecule has 0 unspecified atom stereocenters. The van der Waals surface area contributed by atoms with Crippen LogP contribution >= 0.6 is 0 Å². The van der Waals surface area contributed by atoms with E-state index < -0.39 is 0 Å². The maximum absolute atomic E-state index is 12.5. The third kappa shape index (κ3) is 12.0. The molecule has 0 aromatic carbocycles. The maximum Gasteiger partial charge on any atom is 0.222 e. The molecule has 0 aromatic rings. The van der Waals surface area contributed by atoms with Crippen molar-refractivity contribution >= 4 is 11.8 Å². The van der Waals surface area contributed by atoms with E-state index in [2.05, 4.69) is 27.7 Å². The molecule has 0 aliphatic heterocycles. The van der Waals surface area contributed by atoms with E-state index in [1.165, 1.54) is 0 Å². The van der Waals surface area contributed by atoms with Crippen molar-refractivity contribution < 1.29 is 9.59 Å². The molecule has 0 saturated carbocycles. The van der Waals surface area contributed by atoms with E-state index in [0.717, 1.165) is 77.5 Å². The Morgan fingerprint density at radius 3 is 1.04 bits per heavy atom. The number of carbonyl (C=O) groups excluding carboxylic acids is 2. The van der Waals surface area contributed by atoms with E-state index in [4.69, 9.17) is 0 Å². The van der Waals surface area contributed by atoms with Crippen molar-refractivity contribution in [3.63, 3.8) is 0 Å². The number of hydrogen-bond donors (Lipinski definition) is 0. The molecule has 2 amide bonds. The van der Waals surface area contributed by atoms with Gasteiger partial charge in [0, 0.05) is 39.0 Å². The van der Waals surface area contributed by atoms with Crippen LogP contribution in [0.1, 0.15) is 98.3 Å². The van der Waals surface area contributed by atoms with E-state index in [9.17, 15) is 9.59 Å². The van der Waals surface area contributed by atoms with Gasteiger partial charge in [-0.25, -0.2) is 0 Å². The minimum Gasteiger partial charge on any atom is -0.343 e. The van der Waals surface area contributed by atoms with Crippen LogP contribution in [0.25, 0.3) is 0 Å². The molecule has 0 saturated heterocycles. The Hall–Kier alpha value is -1.06. The van der Waals surface area contributed by atoms with Gasteiger partial charge in [0.2, 0.25) is 11.8 Å². The van der Waals surface area contributed by atoms with Gasteiger partial charge in [0.05, 0.1) is 0 Å². The molecule has 4 heteroatoms. The lowest BCUT2D eigenvalue weighted by Crippen LogP contribution is -2.34. The Morgan fingerprint density at radius 2 is 0.800 bits per heavy atom. The molecule has 0 spiro atoms. The van der Waals surface area contributed by atoms with Crippen LogP contribution in [0.2, 0.25) is 0 Å². The fourth-order valence-electron chi connectivity index (χ4n) is 2.83. The van der Waals surface area contributed by atoms with E-state index in [1.54, 1.807) is 0 Å². The summed E-state index contributed by atoms with van der Waals surface area (Å²) in [4.78, 5) is 28.9. The van der Waals surface area contributed by atoms with Crippen molar-refractivity contribution in [1.29, 1.82) is 0 Å². The van der Waals surface area contributed by atoms with E-state index >= 15 is 0 Å². The van der Waals surface area contributed by atoms with Gasteiger partial charge in [-0.05, 0) is 32.1 Å². The average molecular weight is 355 g/mol. The Bertz CT molecular complexity index is 297. The molecule has 0 atom stereocenters. The molecule has 4 nitrogen and oxygen atoms in total. The van der Waals surface area contributed by atoms with E-state index in [0.29, 0.717) is 19.3 Å². The summed E-state index contributed by atoms with van der Waals surface area (Å²) in [5, 5.41) is 0. The second-order valence-electron chi connectivity index (χ2n) is 7.03. The number of nitrogens with zero attached hydrogens (tertiary/aromatic N) is 2. The van der Waals surface area contributed by atoms with Crippen molar-refractivity contribution in [2.75, 3.05) is 26.2 Å². The fourth-order valence-corrected chi connectivity index (χ4v) is 2.83. The molecule has 0 aliphatic carbocycles. The van der Waals surface area contributed by atoms with Crippen LogP contribution in [0.4, 0.5) is 0 Å². The van der Waals surface area contributed by atoms with Crippen LogP contribution in [-0.2, 0) is 9.59 Å². The molecule has 25 heavy (non-hydrogen) atoms. The van der Waals surface area contributed by atoms with Gasteiger partial charge >= 0.3 is 0 Å². The second-order valence-corrected chi connectivity index (χ2v) is 7.03. The Morgan fingerprint density at radius 1 is 0.520 bits per heavy atom. The van der Waals surface area contributed by atoms with Crippen LogP contribution in [0, 0.1) is 0 Å². The lowest BCUT2D eigenvalue weighted by atomic mass is 10.1. The standard InChI is InChI=1S/C21H42N2O2/c1-5-9-16-22(17-10-6-2)20(24)14-13-15-21(25)23(18-11-7-3)19-12-8-4/h5-19H2,1-4H3. The first-order valence-corrected chi connectivity index (χ1v) is 10.7. The first-order valence-electron chi connectivity index (χ1n) is 10.7. The van der Waals surface area contributed by atoms with Crippen molar-refractivity contribution in [2.24, 2.45) is 0 Å². The first kappa shape index (κ1) is 23.9. The maximum atomic E-state index is 12.5. The second kappa shape index (κ2) is 16.4. The summed E-state index contributed by atoms with van der Waals surface area (Å²) in [6.45, 7) is 12.1. The van der Waals surface area contributed by atoms with Gasteiger partial charge in [0.15, 0.2) is 0 Å². The molecule has 0 aromatic heterocycles. The van der Waals surface area contributed by atoms with Crippen LogP contribution in [0.3, 0.4) is 0 Å². The number of rotatable bonds is 16. The molecule has 0 heterocycles. The molecular weight excluding hydrogens is 312 g/mol. The average Bonchev–Trinajstić information content (AvgIpc) is 2.61. The molecule has 0 fully saturated rings. The number of amides is 2. The highest BCUT2D eigenvalue weighted by Crippen LogP contribution is 2.09. The number of hydrogen-bond acceptors (Lipinski definition) is 2. The predicted octanol–water partition coefficient (Wildman–Crippen LogP) is 5.01. The largest absolute Gasteiger partial charge is 0.343 e. The van der Waals surface area contributed by atoms with Crippen LogP contribution in [0.5, 0.6) is 0 Å². The van der Waals surface area contributed by atoms with Gasteiger partial charge in [-0.1, -0.05) is 53.4 Å². The monoisotopic (exact) mass is 354 g/mol. The summed E-state index contributed by atoms with van der Waals surface area (Å²) in [6.07, 6.45) is 10.4. The predicted molar refractivity (Wildman–Crippen MR) is 107 cm³/mol. The zero-order valence-corrected chi connectivity index (χ0v) is 17.3. The molecule has 148 valence electrons. The minimum absolute atomic E-state index is 0.225. The van der Waals surface area contributed by atoms with Gasteiger partial charge in [0.1, 0.15) is 0 Å². The quantitative estimate of drug-likeness (QED) is 0.391. The summed E-state index contributed by atoms with van der Waals surface area (Å²) in [6, 6.07) is 0. The first-order chi connectivity index (χ1) is 12.1. The highest BCUT2D eigenvalue weighted by Gasteiger charge is 2.15. The lowest BCUT2D eigenvalue weighted by Gasteiger charge is -2.24. The third-order valence-corrected chi connectivity index (χ3v) is 4.61. The van der Waals surface area contributed by atoms with Crippen LogP contribution < -0.4 is 0 Å². The Labute approximate surface area is 156 Å². The number of unbranched alkanes of at least 4 members (excludes halogenated alkanes) is 4. The summed E-state index contributed by atoms with van der Waals surface area (Å²) in [7, 11) is 0. The van der Waals surface area contributed by atoms with Gasteiger partial charge < -0.3 is 9.80 Å². The van der Waals surface area contributed by atoms with Crippen LogP contribution in [-0.4, -0.2) is 47.8 Å². The molecule has 0 aliphatic rings. The van der Waals surface area contributed by atoms with Crippen molar-refractivity contribution in [2.45, 2.75) is 98.3 Å². The summed E-state index contributed by atoms with van der Waals surface area (Å²) < 4.78 is 0. The smallest absolute Gasteiger partial charge is 0.222 e. The molecule has 0 radical (unpaired) electrons. The van der Waals surface area contributed by atoms with Crippen molar-refractivity contribution in [3.05, 3.63) is 0 Å². The number of carbonyl (C=O) groups is 2. The molecular formula is C21H42N2O2. The van der Waals surface area contributed by atoms with Gasteiger partial charge in [-0.3, -0.25) is 9.59 Å². The van der Waals surface area contributed by atoms with Crippen molar-refractivity contribution in [1.82, 2.24) is 9.80 Å². The normalized spacial score (nSPS) is 10.7. The van der Waals surface area contributed by atoms with Crippen LogP contribution in [0.15, 0.2) is 0 Å². The van der Waals surface area contributed by atoms with Gasteiger partial charge in [0.25, 0.3) is 0 Å². The summed E-state index contributed by atoms with van der Waals surface area (Å²) in [5.41, 5.74) is 0. The zero-order valence-electron chi connectivity index (χ0n) is 17.3. The lowest BCUT2D eigenvalue weighted by molar-refractivity contribution is -0.133. The van der Waals surface area contributed by atoms with E-state index in [1.807, 2.05) is 9.80 Å². The highest BCUT2D eigenvalue weighted by molar-refractivity contribution is 5.79. The summed E-state index contributed by atoms with van der Waals surface area (Å²) >= 11 is 0.